The minimum atomic E-state index is -1.18. The Bertz CT molecular complexity index is 1440. The molecule has 0 saturated carbocycles. The van der Waals surface area contributed by atoms with Crippen LogP contribution in [0.4, 0.5) is 0 Å². The number of aliphatic hydroxyl groups excluding tert-OH is 1. The molecule has 7 nitrogen and oxygen atoms in total. The van der Waals surface area contributed by atoms with Gasteiger partial charge in [0.05, 0.1) is 12.0 Å². The molecule has 1 aliphatic heterocycles. The number of phenolic OH excluding ortho intramolecular Hbond substituents is 5. The third-order valence-electron chi connectivity index (χ3n) is 6.96. The molecule has 4 aromatic rings. The Morgan fingerprint density at radius 1 is 0.543 bits per heavy atom. The van der Waals surface area contributed by atoms with Crippen molar-refractivity contribution < 1.29 is 35.4 Å². The van der Waals surface area contributed by atoms with Crippen LogP contribution in [0.2, 0.25) is 0 Å². The lowest BCUT2D eigenvalue weighted by Crippen LogP contribution is -2.15. The van der Waals surface area contributed by atoms with Crippen LogP contribution in [0.3, 0.4) is 0 Å². The molecule has 3 unspecified atom stereocenters. The van der Waals surface area contributed by atoms with Crippen LogP contribution in [0.1, 0.15) is 57.4 Å². The molecule has 0 fully saturated rings. The summed E-state index contributed by atoms with van der Waals surface area (Å²) in [5, 5.41) is 63.3. The highest BCUT2D eigenvalue weighted by Gasteiger charge is 2.47. The first-order valence-electron chi connectivity index (χ1n) is 11.2. The van der Waals surface area contributed by atoms with E-state index in [4.69, 9.17) is 4.74 Å². The number of aliphatic hydroxyl groups is 1. The van der Waals surface area contributed by atoms with E-state index < -0.39 is 24.0 Å². The average molecular weight is 470 g/mol. The summed E-state index contributed by atoms with van der Waals surface area (Å²) in [5.74, 6) is -1.15. The first-order chi connectivity index (χ1) is 16.8. The zero-order chi connectivity index (χ0) is 24.4. The lowest BCUT2D eigenvalue weighted by Gasteiger charge is -2.27. The molecule has 1 heterocycles. The van der Waals surface area contributed by atoms with Gasteiger partial charge < -0.3 is 35.4 Å². The molecule has 6 rings (SSSR count). The summed E-state index contributed by atoms with van der Waals surface area (Å²) < 4.78 is 6.29. The molecule has 0 amide bonds. The maximum absolute atomic E-state index is 11.7. The van der Waals surface area contributed by atoms with Crippen LogP contribution < -0.4 is 4.74 Å². The first-order valence-corrected chi connectivity index (χ1v) is 11.2. The van der Waals surface area contributed by atoms with Crippen molar-refractivity contribution in [2.75, 3.05) is 0 Å². The van der Waals surface area contributed by atoms with E-state index in [-0.39, 0.29) is 28.7 Å². The number of phenols is 5. The molecule has 0 spiro atoms. The summed E-state index contributed by atoms with van der Waals surface area (Å²) in [4.78, 5) is 0. The van der Waals surface area contributed by atoms with E-state index in [0.717, 1.165) is 5.56 Å². The first kappa shape index (κ1) is 21.2. The maximum Gasteiger partial charge on any atom is 0.135 e. The zero-order valence-electron chi connectivity index (χ0n) is 18.3. The van der Waals surface area contributed by atoms with Gasteiger partial charge in [-0.05, 0) is 58.7 Å². The SMILES string of the molecule is Oc1ccc(C2c3c(O)cc(O)cc3[C@@H]3c4c(cc(O)cc4C2O)OC3c2ccc(O)cc2)cc1. The van der Waals surface area contributed by atoms with Crippen molar-refractivity contribution in [3.05, 3.63) is 106 Å². The molecule has 35 heavy (non-hydrogen) atoms. The molecular formula is C28H22O7. The summed E-state index contributed by atoms with van der Waals surface area (Å²) >= 11 is 0. The molecule has 6 N–H and O–H groups in total. The number of hydrogen-bond donors (Lipinski definition) is 6. The normalized spacial score (nSPS) is 22.1. The van der Waals surface area contributed by atoms with E-state index in [9.17, 15) is 30.6 Å². The fourth-order valence-electron chi connectivity index (χ4n) is 5.52. The van der Waals surface area contributed by atoms with Crippen molar-refractivity contribution >= 4 is 0 Å². The van der Waals surface area contributed by atoms with Gasteiger partial charge in [-0.2, -0.15) is 0 Å². The predicted molar refractivity (Wildman–Crippen MR) is 126 cm³/mol. The minimum absolute atomic E-state index is 0.0622. The molecular weight excluding hydrogens is 448 g/mol. The van der Waals surface area contributed by atoms with Crippen LogP contribution in [0.5, 0.6) is 34.5 Å². The summed E-state index contributed by atoms with van der Waals surface area (Å²) in [5.41, 5.74) is 3.46. The van der Waals surface area contributed by atoms with E-state index in [1.165, 1.54) is 30.3 Å². The minimum Gasteiger partial charge on any atom is -0.508 e. The van der Waals surface area contributed by atoms with E-state index in [1.807, 2.05) is 0 Å². The fourth-order valence-corrected chi connectivity index (χ4v) is 5.52. The van der Waals surface area contributed by atoms with Crippen LogP contribution in [0.25, 0.3) is 0 Å². The van der Waals surface area contributed by atoms with Crippen molar-refractivity contribution in [1.82, 2.24) is 0 Å². The summed E-state index contributed by atoms with van der Waals surface area (Å²) in [6.07, 6.45) is -1.79. The third-order valence-corrected chi connectivity index (χ3v) is 6.96. The van der Waals surface area contributed by atoms with Crippen LogP contribution >= 0.6 is 0 Å². The standard InChI is InChI=1S/C28H22O7/c29-15-5-1-13(2-6-15)23-24-19(9-17(31)11-21(24)33)26-25-20(27(23)34)10-18(32)12-22(25)35-28(26)14-3-7-16(30)8-4-14/h1-12,23,26-34H/t23?,26-,27?,28?/m1/s1. The van der Waals surface area contributed by atoms with Gasteiger partial charge in [-0.15, -0.1) is 0 Å². The van der Waals surface area contributed by atoms with Crippen LogP contribution in [0.15, 0.2) is 72.8 Å². The number of benzene rings is 4. The Kier molecular flexibility index (Phi) is 4.59. The second kappa shape index (κ2) is 7.58. The van der Waals surface area contributed by atoms with Gasteiger partial charge in [0.25, 0.3) is 0 Å². The zero-order valence-corrected chi connectivity index (χ0v) is 18.3. The van der Waals surface area contributed by atoms with Gasteiger partial charge in [-0.1, -0.05) is 24.3 Å². The van der Waals surface area contributed by atoms with Gasteiger partial charge in [-0.3, -0.25) is 0 Å². The molecule has 7 heteroatoms. The Morgan fingerprint density at radius 2 is 1.11 bits per heavy atom. The number of ether oxygens (including phenoxy) is 1. The Balaban J connectivity index is 1.67. The lowest BCUT2D eigenvalue weighted by atomic mass is 9.80. The third kappa shape index (κ3) is 3.24. The topological polar surface area (TPSA) is 131 Å². The molecule has 176 valence electrons. The predicted octanol–water partition coefficient (Wildman–Crippen LogP) is 4.66. The molecule has 4 atom stereocenters. The summed E-state index contributed by atoms with van der Waals surface area (Å²) in [7, 11) is 0. The molecule has 0 radical (unpaired) electrons. The van der Waals surface area contributed by atoms with Crippen LogP contribution in [-0.4, -0.2) is 30.6 Å². The van der Waals surface area contributed by atoms with E-state index in [1.54, 1.807) is 42.5 Å². The van der Waals surface area contributed by atoms with Crippen LogP contribution in [-0.2, 0) is 0 Å². The number of aromatic hydroxyl groups is 5. The van der Waals surface area contributed by atoms with Crippen molar-refractivity contribution in [3.8, 4) is 34.5 Å². The van der Waals surface area contributed by atoms with E-state index >= 15 is 0 Å². The van der Waals surface area contributed by atoms with Crippen molar-refractivity contribution in [2.45, 2.75) is 24.0 Å². The van der Waals surface area contributed by atoms with Gasteiger partial charge in [0.1, 0.15) is 40.6 Å². The summed E-state index contributed by atoms with van der Waals surface area (Å²) in [6.45, 7) is 0. The number of hydrogen-bond acceptors (Lipinski definition) is 7. The van der Waals surface area contributed by atoms with Crippen molar-refractivity contribution in [1.29, 1.82) is 0 Å². The molecule has 0 aromatic heterocycles. The fraction of sp³-hybridized carbons (Fsp3) is 0.143. The second-order valence-electron chi connectivity index (χ2n) is 9.04. The van der Waals surface area contributed by atoms with Gasteiger partial charge in [0.2, 0.25) is 0 Å². The highest BCUT2D eigenvalue weighted by atomic mass is 16.5. The lowest BCUT2D eigenvalue weighted by molar-refractivity contribution is 0.157. The molecule has 0 bridgehead atoms. The number of fused-ring (bicyclic) bond motifs is 2. The maximum atomic E-state index is 11.7. The van der Waals surface area contributed by atoms with Crippen molar-refractivity contribution in [3.63, 3.8) is 0 Å². The number of rotatable bonds is 2. The van der Waals surface area contributed by atoms with E-state index in [2.05, 4.69) is 0 Å². The second-order valence-corrected chi connectivity index (χ2v) is 9.04. The van der Waals surface area contributed by atoms with Crippen molar-refractivity contribution in [2.24, 2.45) is 0 Å². The summed E-state index contributed by atoms with van der Waals surface area (Å²) in [6, 6.07) is 18.7. The Morgan fingerprint density at radius 3 is 1.77 bits per heavy atom. The smallest absolute Gasteiger partial charge is 0.135 e. The Hall–Kier alpha value is -4.36. The molecule has 1 aliphatic carbocycles. The molecule has 0 saturated heterocycles. The average Bonchev–Trinajstić information content (AvgIpc) is 3.15. The van der Waals surface area contributed by atoms with Crippen LogP contribution in [0, 0.1) is 0 Å². The Labute approximate surface area is 200 Å². The van der Waals surface area contributed by atoms with Gasteiger partial charge in [0.15, 0.2) is 0 Å². The van der Waals surface area contributed by atoms with E-state index in [0.29, 0.717) is 33.6 Å². The van der Waals surface area contributed by atoms with Gasteiger partial charge in [0, 0.05) is 29.2 Å². The van der Waals surface area contributed by atoms with Gasteiger partial charge in [-0.25, -0.2) is 0 Å². The molecule has 4 aromatic carbocycles. The highest BCUT2D eigenvalue weighted by molar-refractivity contribution is 5.65. The monoisotopic (exact) mass is 470 g/mol. The molecule has 2 aliphatic rings. The van der Waals surface area contributed by atoms with Gasteiger partial charge >= 0.3 is 0 Å². The highest BCUT2D eigenvalue weighted by Crippen LogP contribution is 2.60. The quantitative estimate of drug-likeness (QED) is 0.251. The largest absolute Gasteiger partial charge is 0.508 e.